The Morgan fingerprint density at radius 1 is 0.852 bits per heavy atom. The summed E-state index contributed by atoms with van der Waals surface area (Å²) in [6, 6.07) is 16.0. The molecule has 4 nitrogen and oxygen atoms in total. The third-order valence-corrected chi connectivity index (χ3v) is 8.67. The molecule has 0 radical (unpaired) electrons. The van der Waals surface area contributed by atoms with Gasteiger partial charge >= 0.3 is 0 Å². The first-order valence-corrected chi connectivity index (χ1v) is 11.0. The minimum atomic E-state index is -3.83. The van der Waals surface area contributed by atoms with Gasteiger partial charge in [-0.3, -0.25) is 4.79 Å². The maximum atomic E-state index is 13.5. The predicted molar refractivity (Wildman–Crippen MR) is 102 cm³/mol. The lowest BCUT2D eigenvalue weighted by molar-refractivity contribution is 0.0878. The SMILES string of the molecule is O=C1c2c(c3ccccc3n2S(=O)(=O)c2ccccc2)[C@H]2[C@@H]3CC[C@@H](C3)[C@@H]12. The highest BCUT2D eigenvalue weighted by atomic mass is 32.2. The molecule has 2 aromatic carbocycles. The van der Waals surface area contributed by atoms with Crippen LogP contribution >= 0.6 is 0 Å². The van der Waals surface area contributed by atoms with E-state index in [1.807, 2.05) is 24.3 Å². The maximum Gasteiger partial charge on any atom is 0.268 e. The molecule has 1 heterocycles. The Morgan fingerprint density at radius 2 is 1.52 bits per heavy atom. The number of benzene rings is 2. The van der Waals surface area contributed by atoms with Crippen LogP contribution in [0.4, 0.5) is 0 Å². The van der Waals surface area contributed by atoms with E-state index in [0.29, 0.717) is 23.0 Å². The normalized spacial score (nSPS) is 28.7. The number of ketones is 1. The highest BCUT2D eigenvalue weighted by Gasteiger charge is 2.58. The van der Waals surface area contributed by atoms with Crippen LogP contribution in [0, 0.1) is 17.8 Å². The molecule has 4 atom stereocenters. The van der Waals surface area contributed by atoms with Gasteiger partial charge in [0.25, 0.3) is 10.0 Å². The molecular weight excluding hydrogens is 358 g/mol. The second kappa shape index (κ2) is 5.10. The van der Waals surface area contributed by atoms with E-state index in [9.17, 15) is 13.2 Å². The molecule has 2 fully saturated rings. The Bertz CT molecular complexity index is 1210. The summed E-state index contributed by atoms with van der Waals surface area (Å²) in [6.07, 6.45) is 3.38. The topological polar surface area (TPSA) is 56.1 Å². The number of hydrogen-bond acceptors (Lipinski definition) is 3. The zero-order valence-corrected chi connectivity index (χ0v) is 15.5. The van der Waals surface area contributed by atoms with Crippen molar-refractivity contribution in [2.45, 2.75) is 30.1 Å². The van der Waals surface area contributed by atoms with E-state index in [2.05, 4.69) is 0 Å². The van der Waals surface area contributed by atoms with Crippen LogP contribution in [0.2, 0.25) is 0 Å². The minimum Gasteiger partial charge on any atom is -0.292 e. The van der Waals surface area contributed by atoms with Crippen molar-refractivity contribution in [2.75, 3.05) is 0 Å². The van der Waals surface area contributed by atoms with E-state index in [1.165, 1.54) is 3.97 Å². The summed E-state index contributed by atoms with van der Waals surface area (Å²) in [5.74, 6) is 1.16. The maximum absolute atomic E-state index is 13.5. The van der Waals surface area contributed by atoms with Crippen LogP contribution in [-0.4, -0.2) is 18.2 Å². The molecule has 3 aromatic rings. The minimum absolute atomic E-state index is 0.0180. The van der Waals surface area contributed by atoms with Crippen molar-refractivity contribution in [3.05, 3.63) is 65.9 Å². The summed E-state index contributed by atoms with van der Waals surface area (Å²) in [7, 11) is -3.83. The average Bonchev–Trinajstić information content (AvgIpc) is 3.42. The Hall–Kier alpha value is -2.40. The number of hydrogen-bond donors (Lipinski definition) is 0. The van der Waals surface area contributed by atoms with Crippen LogP contribution in [0.25, 0.3) is 10.9 Å². The number of nitrogens with zero attached hydrogens (tertiary/aromatic N) is 1. The highest BCUT2D eigenvalue weighted by molar-refractivity contribution is 7.90. The fourth-order valence-corrected chi connectivity index (χ4v) is 7.55. The summed E-state index contributed by atoms with van der Waals surface area (Å²) < 4.78 is 28.4. The molecule has 136 valence electrons. The first-order chi connectivity index (χ1) is 13.1. The molecule has 5 heteroatoms. The van der Waals surface area contributed by atoms with Crippen LogP contribution in [0.5, 0.6) is 0 Å². The van der Waals surface area contributed by atoms with Gasteiger partial charge in [0.05, 0.1) is 10.4 Å². The van der Waals surface area contributed by atoms with Gasteiger partial charge < -0.3 is 0 Å². The van der Waals surface area contributed by atoms with Gasteiger partial charge in [-0.05, 0) is 60.8 Å². The summed E-state index contributed by atoms with van der Waals surface area (Å²) in [6.45, 7) is 0. The van der Waals surface area contributed by atoms with Crippen molar-refractivity contribution in [1.29, 1.82) is 0 Å². The summed E-state index contributed by atoms with van der Waals surface area (Å²) >= 11 is 0. The van der Waals surface area contributed by atoms with E-state index in [-0.39, 0.29) is 22.5 Å². The fraction of sp³-hybridized carbons (Fsp3) is 0.318. The van der Waals surface area contributed by atoms with Crippen LogP contribution in [0.15, 0.2) is 59.5 Å². The zero-order valence-electron chi connectivity index (χ0n) is 14.7. The fourth-order valence-electron chi connectivity index (χ4n) is 6.00. The number of carbonyl (C=O) groups is 1. The van der Waals surface area contributed by atoms with Crippen LogP contribution in [0.3, 0.4) is 0 Å². The Kier molecular flexibility index (Phi) is 2.96. The third-order valence-electron chi connectivity index (χ3n) is 6.94. The molecule has 0 spiro atoms. The van der Waals surface area contributed by atoms with Gasteiger partial charge in [-0.2, -0.15) is 0 Å². The van der Waals surface area contributed by atoms with Crippen LogP contribution in [-0.2, 0) is 10.0 Å². The first kappa shape index (κ1) is 15.6. The predicted octanol–water partition coefficient (Wildman–Crippen LogP) is 4.20. The molecule has 0 N–H and O–H groups in total. The largest absolute Gasteiger partial charge is 0.292 e. The Balaban J connectivity index is 1.70. The molecule has 0 unspecified atom stereocenters. The Morgan fingerprint density at radius 3 is 2.30 bits per heavy atom. The molecule has 0 saturated heterocycles. The molecular formula is C22H19NO3S. The monoisotopic (exact) mass is 377 g/mol. The molecule has 0 amide bonds. The summed E-state index contributed by atoms with van der Waals surface area (Å²) in [5.41, 5.74) is 2.04. The second-order valence-electron chi connectivity index (χ2n) is 8.11. The number of carbonyl (C=O) groups excluding carboxylic acids is 1. The zero-order chi connectivity index (χ0) is 18.3. The molecule has 2 saturated carbocycles. The molecule has 2 bridgehead atoms. The highest BCUT2D eigenvalue weighted by Crippen LogP contribution is 2.63. The van der Waals surface area contributed by atoms with Gasteiger partial charge in [-0.1, -0.05) is 36.4 Å². The molecule has 1 aromatic heterocycles. The molecule has 0 aliphatic heterocycles. The lowest BCUT2D eigenvalue weighted by atomic mass is 9.79. The van der Waals surface area contributed by atoms with Crippen molar-refractivity contribution in [1.82, 2.24) is 3.97 Å². The Labute approximate surface area is 157 Å². The molecule has 6 rings (SSSR count). The van der Waals surface area contributed by atoms with Crippen molar-refractivity contribution in [2.24, 2.45) is 17.8 Å². The van der Waals surface area contributed by atoms with E-state index in [0.717, 1.165) is 30.2 Å². The van der Waals surface area contributed by atoms with Gasteiger partial charge in [-0.15, -0.1) is 0 Å². The van der Waals surface area contributed by atoms with E-state index in [1.54, 1.807) is 30.3 Å². The number of Topliss-reactive ketones (excluding diaryl/α,β-unsaturated/α-hetero) is 1. The smallest absolute Gasteiger partial charge is 0.268 e. The molecule has 3 aliphatic carbocycles. The van der Waals surface area contributed by atoms with Gasteiger partial charge in [-0.25, -0.2) is 12.4 Å². The summed E-state index contributed by atoms with van der Waals surface area (Å²) in [4.78, 5) is 13.7. The van der Waals surface area contributed by atoms with E-state index in [4.69, 9.17) is 0 Å². The molecule has 27 heavy (non-hydrogen) atoms. The van der Waals surface area contributed by atoms with Gasteiger partial charge in [0, 0.05) is 11.3 Å². The van der Waals surface area contributed by atoms with Gasteiger partial charge in [0.2, 0.25) is 0 Å². The van der Waals surface area contributed by atoms with Crippen molar-refractivity contribution in [3.63, 3.8) is 0 Å². The number of rotatable bonds is 2. The second-order valence-corrected chi connectivity index (χ2v) is 9.90. The van der Waals surface area contributed by atoms with Crippen molar-refractivity contribution >= 4 is 26.7 Å². The first-order valence-electron chi connectivity index (χ1n) is 9.57. The van der Waals surface area contributed by atoms with Crippen LogP contribution < -0.4 is 0 Å². The van der Waals surface area contributed by atoms with E-state index >= 15 is 0 Å². The standard InChI is InChI=1S/C22H19NO3S/c24-22-19-14-11-10-13(12-14)18(19)20-16-8-4-5-9-17(16)23(21(20)22)27(25,26)15-6-2-1-3-7-15/h1-9,13-14,18-19H,10-12H2/t13-,14+,18+,19-/m1/s1. The number of para-hydroxylation sites is 1. The third kappa shape index (κ3) is 1.83. The lowest BCUT2D eigenvalue weighted by Gasteiger charge is -2.24. The van der Waals surface area contributed by atoms with Crippen molar-refractivity contribution < 1.29 is 13.2 Å². The molecule has 3 aliphatic rings. The van der Waals surface area contributed by atoms with Crippen molar-refractivity contribution in [3.8, 4) is 0 Å². The quantitative estimate of drug-likeness (QED) is 0.672. The van der Waals surface area contributed by atoms with Crippen LogP contribution in [0.1, 0.15) is 41.2 Å². The number of aromatic nitrogens is 1. The lowest BCUT2D eigenvalue weighted by Crippen LogP contribution is -2.24. The summed E-state index contributed by atoms with van der Waals surface area (Å²) in [5, 5.41) is 0.931. The van der Waals surface area contributed by atoms with Gasteiger partial charge in [0.1, 0.15) is 5.69 Å². The average molecular weight is 377 g/mol. The number of fused-ring (bicyclic) bond motifs is 9. The van der Waals surface area contributed by atoms with Gasteiger partial charge in [0.15, 0.2) is 5.78 Å². The van der Waals surface area contributed by atoms with E-state index < -0.39 is 10.0 Å².